The van der Waals surface area contributed by atoms with Gasteiger partial charge in [-0.3, -0.25) is 0 Å². The Hall–Kier alpha value is -1.83. The largest absolute Gasteiger partial charge is 0.507 e. The van der Waals surface area contributed by atoms with Crippen molar-refractivity contribution in [1.29, 1.82) is 0 Å². The van der Waals surface area contributed by atoms with Gasteiger partial charge >= 0.3 is 5.97 Å². The summed E-state index contributed by atoms with van der Waals surface area (Å²) >= 11 is 0. The van der Waals surface area contributed by atoms with E-state index in [-0.39, 0.29) is 18.3 Å². The lowest BCUT2D eigenvalue weighted by atomic mass is 9.92. The Balaban J connectivity index is 2.01. The van der Waals surface area contributed by atoms with Crippen molar-refractivity contribution >= 4 is 5.97 Å². The second-order valence-corrected chi connectivity index (χ2v) is 6.09. The first-order valence-corrected chi connectivity index (χ1v) is 8.21. The van der Waals surface area contributed by atoms with Gasteiger partial charge in [-0.2, -0.15) is 0 Å². The monoisotopic (exact) mass is 340 g/mol. The molecule has 1 aliphatic rings. The number of fused-ring (bicyclic) bond motifs is 1. The van der Waals surface area contributed by atoms with Crippen LogP contribution >= 0.6 is 0 Å². The molecule has 1 aliphatic heterocycles. The second kappa shape index (κ2) is 8.32. The molecule has 134 valence electrons. The van der Waals surface area contributed by atoms with Crippen LogP contribution < -0.4 is 0 Å². The molecule has 0 bridgehead atoms. The van der Waals surface area contributed by atoms with Gasteiger partial charge in [0.15, 0.2) is 6.29 Å². The number of carboxylic acids is 1. The maximum Gasteiger partial charge on any atom is 0.343 e. The Morgan fingerprint density at radius 2 is 1.83 bits per heavy atom. The molecule has 1 heterocycles. The van der Waals surface area contributed by atoms with Crippen LogP contribution in [0.2, 0.25) is 0 Å². The molecular weight excluding hydrogens is 316 g/mol. The number of aromatic hydroxyl groups is 2. The smallest absolute Gasteiger partial charge is 0.343 e. The molecule has 0 radical (unpaired) electrons. The average Bonchev–Trinajstić information content (AvgIpc) is 2.49. The molecule has 0 aliphatic carbocycles. The van der Waals surface area contributed by atoms with E-state index >= 15 is 0 Å². The quantitative estimate of drug-likeness (QED) is 0.458. The van der Waals surface area contributed by atoms with Crippen LogP contribution in [-0.4, -0.2) is 44.2 Å². The highest BCUT2D eigenvalue weighted by atomic mass is 16.6. The number of benzene rings is 1. The van der Waals surface area contributed by atoms with E-state index < -0.39 is 29.3 Å². The molecule has 2 atom stereocenters. The number of aliphatic hydroxyl groups is 2. The molecule has 0 saturated heterocycles. The van der Waals surface area contributed by atoms with Crippen LogP contribution in [0.25, 0.3) is 0 Å². The molecule has 0 saturated carbocycles. The number of unbranched alkanes of at least 4 members (excludes halogenated alkanes) is 4. The Labute approximate surface area is 140 Å². The van der Waals surface area contributed by atoms with E-state index in [0.29, 0.717) is 12.0 Å². The first kappa shape index (κ1) is 18.5. The molecule has 2 rings (SSSR count). The Morgan fingerprint density at radius 1 is 1.17 bits per heavy atom. The fraction of sp³-hybridized carbons (Fsp3) is 0.588. The topological polar surface area (TPSA) is 127 Å². The average molecular weight is 340 g/mol. The normalized spacial score (nSPS) is 19.9. The Morgan fingerprint density at radius 3 is 2.50 bits per heavy atom. The fourth-order valence-electron chi connectivity index (χ4n) is 3.11. The highest BCUT2D eigenvalue weighted by Gasteiger charge is 2.32. The van der Waals surface area contributed by atoms with Crippen molar-refractivity contribution in [2.24, 2.45) is 0 Å². The number of phenols is 2. The van der Waals surface area contributed by atoms with E-state index in [4.69, 9.17) is 14.9 Å². The molecule has 24 heavy (non-hydrogen) atoms. The number of aliphatic hydroxyl groups excluding tert-OH is 2. The van der Waals surface area contributed by atoms with Crippen molar-refractivity contribution in [3.63, 3.8) is 0 Å². The van der Waals surface area contributed by atoms with Crippen LogP contribution in [0.4, 0.5) is 0 Å². The molecule has 0 spiro atoms. The van der Waals surface area contributed by atoms with Crippen LogP contribution in [0, 0.1) is 0 Å². The first-order chi connectivity index (χ1) is 11.5. The van der Waals surface area contributed by atoms with E-state index in [0.717, 1.165) is 38.5 Å². The van der Waals surface area contributed by atoms with Crippen LogP contribution in [-0.2, 0) is 11.2 Å². The lowest BCUT2D eigenvalue weighted by Gasteiger charge is -2.30. The Kier molecular flexibility index (Phi) is 6.42. The lowest BCUT2D eigenvalue weighted by molar-refractivity contribution is -0.151. The minimum atomic E-state index is -1.47. The van der Waals surface area contributed by atoms with Crippen molar-refractivity contribution in [3.05, 3.63) is 22.8 Å². The van der Waals surface area contributed by atoms with Crippen LogP contribution in [0.5, 0.6) is 11.5 Å². The number of hydrogen-bond acceptors (Lipinski definition) is 6. The molecule has 1 aromatic rings. The summed E-state index contributed by atoms with van der Waals surface area (Å²) in [5, 5.41) is 47.7. The highest BCUT2D eigenvalue weighted by molar-refractivity contribution is 5.94. The second-order valence-electron chi connectivity index (χ2n) is 6.09. The summed E-state index contributed by atoms with van der Waals surface area (Å²) in [5.74, 6) is -2.63. The summed E-state index contributed by atoms with van der Waals surface area (Å²) in [4.78, 5) is 11.1. The molecule has 0 amide bonds. The molecule has 0 unspecified atom stereocenters. The minimum absolute atomic E-state index is 0.0180. The highest BCUT2D eigenvalue weighted by Crippen LogP contribution is 2.42. The van der Waals surface area contributed by atoms with E-state index in [9.17, 15) is 20.1 Å². The molecule has 0 fully saturated rings. The van der Waals surface area contributed by atoms with Gasteiger partial charge in [0, 0.05) is 6.61 Å². The number of rotatable bonds is 8. The molecule has 5 N–H and O–H groups in total. The van der Waals surface area contributed by atoms with Crippen LogP contribution in [0.1, 0.15) is 66.3 Å². The summed E-state index contributed by atoms with van der Waals surface area (Å²) in [5.41, 5.74) is -0.109. The van der Waals surface area contributed by atoms with Crippen molar-refractivity contribution in [3.8, 4) is 11.5 Å². The van der Waals surface area contributed by atoms with Crippen molar-refractivity contribution in [2.45, 2.75) is 57.3 Å². The molecule has 0 aromatic heterocycles. The minimum Gasteiger partial charge on any atom is -0.507 e. The van der Waals surface area contributed by atoms with Gasteiger partial charge in [0.1, 0.15) is 17.1 Å². The number of hydrogen-bond donors (Lipinski definition) is 5. The molecule has 7 heteroatoms. The number of ether oxygens (including phenoxy) is 1. The third-order valence-corrected chi connectivity index (χ3v) is 4.32. The van der Waals surface area contributed by atoms with Gasteiger partial charge in [-0.05, 0) is 30.9 Å². The molecule has 1 aromatic carbocycles. The lowest BCUT2D eigenvalue weighted by Crippen LogP contribution is -2.26. The van der Waals surface area contributed by atoms with Gasteiger partial charge in [-0.25, -0.2) is 4.79 Å². The van der Waals surface area contributed by atoms with Crippen LogP contribution in [0.15, 0.2) is 6.07 Å². The number of aromatic carboxylic acids is 1. The zero-order valence-electron chi connectivity index (χ0n) is 13.4. The predicted molar refractivity (Wildman–Crippen MR) is 85.1 cm³/mol. The van der Waals surface area contributed by atoms with Crippen LogP contribution in [0.3, 0.4) is 0 Å². The van der Waals surface area contributed by atoms with Crippen molar-refractivity contribution < 1.29 is 35.1 Å². The number of carboxylic acid groups (broad SMARTS) is 1. The summed E-state index contributed by atoms with van der Waals surface area (Å²) in [6.07, 6.45) is 4.16. The molecular formula is C17H24O7. The van der Waals surface area contributed by atoms with Gasteiger partial charge in [0.05, 0.1) is 11.7 Å². The van der Waals surface area contributed by atoms with Crippen molar-refractivity contribution in [1.82, 2.24) is 0 Å². The molecule has 7 nitrogen and oxygen atoms in total. The van der Waals surface area contributed by atoms with E-state index in [2.05, 4.69) is 0 Å². The summed E-state index contributed by atoms with van der Waals surface area (Å²) in [6, 6.07) is 1.28. The first-order valence-electron chi connectivity index (χ1n) is 8.21. The number of carbonyl (C=O) groups is 1. The third-order valence-electron chi connectivity index (χ3n) is 4.32. The zero-order chi connectivity index (χ0) is 17.7. The third kappa shape index (κ3) is 4.17. The Bertz CT molecular complexity index is 585. The summed E-state index contributed by atoms with van der Waals surface area (Å²) in [7, 11) is 0. The maximum atomic E-state index is 11.1. The van der Waals surface area contributed by atoms with Gasteiger partial charge < -0.3 is 30.3 Å². The van der Waals surface area contributed by atoms with Gasteiger partial charge in [0.25, 0.3) is 0 Å². The fourth-order valence-corrected chi connectivity index (χ4v) is 3.11. The van der Waals surface area contributed by atoms with Gasteiger partial charge in [0.2, 0.25) is 0 Å². The summed E-state index contributed by atoms with van der Waals surface area (Å²) in [6.45, 7) is 0.208. The zero-order valence-corrected chi connectivity index (χ0v) is 13.4. The van der Waals surface area contributed by atoms with Gasteiger partial charge in [-0.15, -0.1) is 0 Å². The predicted octanol–water partition coefficient (Wildman–Crippen LogP) is 2.06. The summed E-state index contributed by atoms with van der Waals surface area (Å²) < 4.78 is 5.48. The van der Waals surface area contributed by atoms with Gasteiger partial charge in [-0.1, -0.05) is 25.7 Å². The van der Waals surface area contributed by atoms with E-state index in [1.165, 1.54) is 6.07 Å². The SMILES string of the molecule is O=C(O)c1c(O)cc2c(c1O)[C@@H](O)O[C@@H](CCCCCCCO)C2. The van der Waals surface area contributed by atoms with Crippen molar-refractivity contribution in [2.75, 3.05) is 6.61 Å². The van der Waals surface area contributed by atoms with E-state index in [1.54, 1.807) is 0 Å². The standard InChI is InChI=1S/C17H24O7/c18-7-5-3-1-2-4-6-11-8-10-9-12(19)14(16(21)22)15(20)13(10)17(23)24-11/h9,11,17-20,23H,1-8H2,(H,21,22)/t11-,17-/m0/s1. The van der Waals surface area contributed by atoms with E-state index in [1.807, 2.05) is 0 Å². The maximum absolute atomic E-state index is 11.1.